The molecule has 0 aliphatic carbocycles. The highest BCUT2D eigenvalue weighted by molar-refractivity contribution is 5.46. The van der Waals surface area contributed by atoms with E-state index in [0.717, 1.165) is 30.6 Å². The Labute approximate surface area is 104 Å². The molecule has 0 radical (unpaired) electrons. The maximum atomic E-state index is 4.62. The summed E-state index contributed by atoms with van der Waals surface area (Å²) in [5, 5.41) is 3.10. The second-order valence-corrected chi connectivity index (χ2v) is 4.82. The molecule has 1 aliphatic heterocycles. The first kappa shape index (κ1) is 12.2. The van der Waals surface area contributed by atoms with Crippen molar-refractivity contribution in [1.82, 2.24) is 4.98 Å². The molecular weight excluding hydrogens is 210 g/mol. The minimum absolute atomic E-state index is 0.910. The molecule has 0 aromatic carbocycles. The fraction of sp³-hybridized carbons (Fsp3) is 0.643. The maximum absolute atomic E-state index is 4.62. The Hall–Kier alpha value is -1.25. The Morgan fingerprint density at radius 2 is 2.24 bits per heavy atom. The third-order valence-electron chi connectivity index (χ3n) is 3.74. The van der Waals surface area contributed by atoms with Gasteiger partial charge < -0.3 is 10.2 Å². The molecule has 2 heterocycles. The summed E-state index contributed by atoms with van der Waals surface area (Å²) in [5.41, 5.74) is 0. The molecule has 1 N–H and O–H groups in total. The Morgan fingerprint density at radius 1 is 1.35 bits per heavy atom. The van der Waals surface area contributed by atoms with E-state index in [2.05, 4.69) is 34.3 Å². The van der Waals surface area contributed by atoms with Gasteiger partial charge in [0.1, 0.15) is 11.6 Å². The van der Waals surface area contributed by atoms with Crippen molar-refractivity contribution in [2.75, 3.05) is 30.4 Å². The Bertz CT molecular complexity index is 351. The second kappa shape index (κ2) is 5.89. The molecule has 2 rings (SSSR count). The van der Waals surface area contributed by atoms with E-state index in [0.29, 0.717) is 0 Å². The van der Waals surface area contributed by atoms with Crippen LogP contribution in [-0.2, 0) is 0 Å². The molecule has 0 saturated carbocycles. The lowest BCUT2D eigenvalue weighted by Gasteiger charge is -2.22. The van der Waals surface area contributed by atoms with E-state index in [9.17, 15) is 0 Å². The van der Waals surface area contributed by atoms with Crippen LogP contribution in [0, 0.1) is 5.92 Å². The number of hydrogen-bond donors (Lipinski definition) is 1. The minimum Gasteiger partial charge on any atom is -0.373 e. The lowest BCUT2D eigenvalue weighted by molar-refractivity contribution is 0.459. The van der Waals surface area contributed by atoms with Gasteiger partial charge in [-0.2, -0.15) is 0 Å². The molecule has 1 fully saturated rings. The summed E-state index contributed by atoms with van der Waals surface area (Å²) in [7, 11) is 1.92. The predicted octanol–water partition coefficient (Wildman–Crippen LogP) is 3.14. The first-order chi connectivity index (χ1) is 8.33. The van der Waals surface area contributed by atoms with Gasteiger partial charge in [-0.1, -0.05) is 19.4 Å². The first-order valence-electron chi connectivity index (χ1n) is 6.73. The number of pyridine rings is 1. The summed E-state index contributed by atoms with van der Waals surface area (Å²) >= 11 is 0. The van der Waals surface area contributed by atoms with E-state index in [-0.39, 0.29) is 0 Å². The standard InChI is InChI=1S/C14H23N3/c1-3-12-6-5-10-17(11-9-12)14-8-4-7-13(15-2)16-14/h4,7-8,12H,3,5-6,9-11H2,1-2H3,(H,15,16). The van der Waals surface area contributed by atoms with E-state index in [4.69, 9.17) is 0 Å². The van der Waals surface area contributed by atoms with Crippen LogP contribution in [0.4, 0.5) is 11.6 Å². The zero-order valence-electron chi connectivity index (χ0n) is 10.9. The van der Waals surface area contributed by atoms with Gasteiger partial charge in [0, 0.05) is 20.1 Å². The molecule has 3 nitrogen and oxygen atoms in total. The highest BCUT2D eigenvalue weighted by Gasteiger charge is 2.16. The van der Waals surface area contributed by atoms with Gasteiger partial charge in [0.05, 0.1) is 0 Å². The van der Waals surface area contributed by atoms with Crippen LogP contribution < -0.4 is 10.2 Å². The fourth-order valence-corrected chi connectivity index (χ4v) is 2.54. The number of nitrogens with one attached hydrogen (secondary N) is 1. The minimum atomic E-state index is 0.910. The van der Waals surface area contributed by atoms with Crippen LogP contribution in [0.25, 0.3) is 0 Å². The SMILES string of the molecule is CCC1CCCN(c2cccc(NC)n2)CC1. The zero-order chi connectivity index (χ0) is 12.1. The molecule has 1 aliphatic rings. The zero-order valence-corrected chi connectivity index (χ0v) is 10.9. The van der Waals surface area contributed by atoms with Crippen LogP contribution in [0.15, 0.2) is 18.2 Å². The average molecular weight is 233 g/mol. The Morgan fingerprint density at radius 3 is 3.00 bits per heavy atom. The molecule has 17 heavy (non-hydrogen) atoms. The second-order valence-electron chi connectivity index (χ2n) is 4.82. The molecule has 0 bridgehead atoms. The van der Waals surface area contributed by atoms with E-state index in [1.54, 1.807) is 0 Å². The van der Waals surface area contributed by atoms with Crippen molar-refractivity contribution in [3.63, 3.8) is 0 Å². The molecule has 1 aromatic heterocycles. The van der Waals surface area contributed by atoms with Crippen LogP contribution in [0.1, 0.15) is 32.6 Å². The maximum Gasteiger partial charge on any atom is 0.130 e. The largest absolute Gasteiger partial charge is 0.373 e. The van der Waals surface area contributed by atoms with Crippen LogP contribution in [0.3, 0.4) is 0 Å². The fourth-order valence-electron chi connectivity index (χ4n) is 2.54. The highest BCUT2D eigenvalue weighted by atomic mass is 15.2. The molecular formula is C14H23N3. The smallest absolute Gasteiger partial charge is 0.130 e. The molecule has 94 valence electrons. The van der Waals surface area contributed by atoms with Gasteiger partial charge in [0.15, 0.2) is 0 Å². The quantitative estimate of drug-likeness (QED) is 0.869. The van der Waals surface area contributed by atoms with Gasteiger partial charge in [0.2, 0.25) is 0 Å². The lowest BCUT2D eigenvalue weighted by atomic mass is 9.98. The molecule has 1 atom stereocenters. The van der Waals surface area contributed by atoms with Crippen molar-refractivity contribution in [2.45, 2.75) is 32.6 Å². The average Bonchev–Trinajstić information content (AvgIpc) is 2.64. The summed E-state index contributed by atoms with van der Waals surface area (Å²) in [5.74, 6) is 2.99. The topological polar surface area (TPSA) is 28.2 Å². The van der Waals surface area contributed by atoms with Crippen LogP contribution in [0.2, 0.25) is 0 Å². The molecule has 0 spiro atoms. The summed E-state index contributed by atoms with van der Waals surface area (Å²) in [6.07, 6.45) is 5.29. The third-order valence-corrected chi connectivity index (χ3v) is 3.74. The van der Waals surface area contributed by atoms with Crippen LogP contribution in [-0.4, -0.2) is 25.1 Å². The van der Waals surface area contributed by atoms with Crippen molar-refractivity contribution in [3.8, 4) is 0 Å². The van der Waals surface area contributed by atoms with Gasteiger partial charge in [-0.05, 0) is 37.3 Å². The highest BCUT2D eigenvalue weighted by Crippen LogP contribution is 2.23. The Kier molecular flexibility index (Phi) is 4.24. The van der Waals surface area contributed by atoms with Gasteiger partial charge in [0.25, 0.3) is 0 Å². The van der Waals surface area contributed by atoms with E-state index >= 15 is 0 Å². The van der Waals surface area contributed by atoms with Gasteiger partial charge >= 0.3 is 0 Å². The molecule has 1 unspecified atom stereocenters. The summed E-state index contributed by atoms with van der Waals surface area (Å²) in [4.78, 5) is 7.05. The van der Waals surface area contributed by atoms with Crippen molar-refractivity contribution < 1.29 is 0 Å². The van der Waals surface area contributed by atoms with Gasteiger partial charge in [-0.15, -0.1) is 0 Å². The lowest BCUT2D eigenvalue weighted by Crippen LogP contribution is -2.25. The summed E-state index contributed by atoms with van der Waals surface area (Å²) in [6, 6.07) is 6.21. The predicted molar refractivity (Wildman–Crippen MR) is 73.6 cm³/mol. The summed E-state index contributed by atoms with van der Waals surface area (Å²) < 4.78 is 0. The van der Waals surface area contributed by atoms with Crippen LogP contribution in [0.5, 0.6) is 0 Å². The van der Waals surface area contributed by atoms with Crippen molar-refractivity contribution in [3.05, 3.63) is 18.2 Å². The Balaban J connectivity index is 2.05. The van der Waals surface area contributed by atoms with E-state index < -0.39 is 0 Å². The number of rotatable bonds is 3. The molecule has 3 heteroatoms. The van der Waals surface area contributed by atoms with E-state index in [1.165, 1.54) is 25.7 Å². The number of aromatic nitrogens is 1. The number of nitrogens with zero attached hydrogens (tertiary/aromatic N) is 2. The first-order valence-corrected chi connectivity index (χ1v) is 6.73. The number of anilines is 2. The van der Waals surface area contributed by atoms with Crippen LogP contribution >= 0.6 is 0 Å². The number of hydrogen-bond acceptors (Lipinski definition) is 3. The molecule has 1 saturated heterocycles. The molecule has 1 aromatic rings. The monoisotopic (exact) mass is 233 g/mol. The summed E-state index contributed by atoms with van der Waals surface area (Å²) in [6.45, 7) is 4.61. The van der Waals surface area contributed by atoms with Gasteiger partial charge in [-0.25, -0.2) is 4.98 Å². The third kappa shape index (κ3) is 3.11. The van der Waals surface area contributed by atoms with Crippen molar-refractivity contribution in [2.24, 2.45) is 5.92 Å². The van der Waals surface area contributed by atoms with Gasteiger partial charge in [-0.3, -0.25) is 0 Å². The molecule has 0 amide bonds. The van der Waals surface area contributed by atoms with E-state index in [1.807, 2.05) is 13.1 Å². The van der Waals surface area contributed by atoms with Crippen molar-refractivity contribution in [1.29, 1.82) is 0 Å². The normalized spacial score (nSPS) is 21.1. The van der Waals surface area contributed by atoms with Crippen molar-refractivity contribution >= 4 is 11.6 Å².